The molecule has 0 aliphatic heterocycles. The van der Waals surface area contributed by atoms with Crippen LogP contribution in [-0.4, -0.2) is 37.2 Å². The molecule has 142 valence electrons. The lowest BCUT2D eigenvalue weighted by molar-refractivity contribution is -0.158. The molecule has 0 saturated carbocycles. The van der Waals surface area contributed by atoms with Gasteiger partial charge >= 0.3 is 11.9 Å². The Labute approximate surface area is 147 Å². The molecular formula is C19H37NO4. The second-order valence-electron chi connectivity index (χ2n) is 7.85. The first-order valence-electron chi connectivity index (χ1n) is 9.14. The maximum atomic E-state index is 12.3. The Bertz CT molecular complexity index is 389. The minimum Gasteiger partial charge on any atom is -0.465 e. The van der Waals surface area contributed by atoms with E-state index in [4.69, 9.17) is 9.47 Å². The number of unbranched alkanes of at least 4 members (excludes halogenated alkanes) is 1. The summed E-state index contributed by atoms with van der Waals surface area (Å²) in [6, 6.07) is 0. The van der Waals surface area contributed by atoms with Gasteiger partial charge in [0.1, 0.15) is 6.61 Å². The van der Waals surface area contributed by atoms with Gasteiger partial charge in [-0.2, -0.15) is 0 Å². The zero-order chi connectivity index (χ0) is 18.8. The van der Waals surface area contributed by atoms with E-state index in [1.165, 1.54) is 0 Å². The highest BCUT2D eigenvalue weighted by Gasteiger charge is 2.36. The lowest BCUT2D eigenvalue weighted by Gasteiger charge is -2.28. The van der Waals surface area contributed by atoms with Gasteiger partial charge in [-0.15, -0.1) is 0 Å². The Morgan fingerprint density at radius 1 is 1.04 bits per heavy atom. The highest BCUT2D eigenvalue weighted by atomic mass is 16.5. The first-order chi connectivity index (χ1) is 11.1. The molecule has 0 aliphatic rings. The molecule has 2 unspecified atom stereocenters. The minimum absolute atomic E-state index is 0.00105. The highest BCUT2D eigenvalue weighted by molar-refractivity contribution is 5.78. The minimum atomic E-state index is -0.643. The topological polar surface area (TPSA) is 64.6 Å². The Hall–Kier alpha value is -1.10. The molecule has 24 heavy (non-hydrogen) atoms. The van der Waals surface area contributed by atoms with Gasteiger partial charge in [-0.05, 0) is 47.0 Å². The van der Waals surface area contributed by atoms with Crippen molar-refractivity contribution >= 4 is 11.9 Å². The molecule has 0 aromatic carbocycles. The van der Waals surface area contributed by atoms with Gasteiger partial charge in [0.25, 0.3) is 0 Å². The van der Waals surface area contributed by atoms with Crippen LogP contribution in [0.5, 0.6) is 0 Å². The number of nitrogens with one attached hydrogen (secondary N) is 1. The van der Waals surface area contributed by atoms with Crippen molar-refractivity contribution < 1.29 is 19.1 Å². The third kappa shape index (κ3) is 9.26. The average Bonchev–Trinajstić information content (AvgIpc) is 2.50. The summed E-state index contributed by atoms with van der Waals surface area (Å²) in [5, 5.41) is 3.27. The molecule has 0 aromatic rings. The molecule has 1 N–H and O–H groups in total. The third-order valence-corrected chi connectivity index (χ3v) is 4.16. The molecule has 0 rings (SSSR count). The van der Waals surface area contributed by atoms with Crippen LogP contribution < -0.4 is 5.32 Å². The zero-order valence-electron chi connectivity index (χ0n) is 16.7. The van der Waals surface area contributed by atoms with E-state index in [0.29, 0.717) is 32.6 Å². The van der Waals surface area contributed by atoms with E-state index in [1.807, 2.05) is 20.8 Å². The number of carbonyl (C=O) groups is 2. The smallest absolute Gasteiger partial charge is 0.311 e. The van der Waals surface area contributed by atoms with Crippen LogP contribution >= 0.6 is 0 Å². The van der Waals surface area contributed by atoms with Gasteiger partial charge in [-0.25, -0.2) is 0 Å². The van der Waals surface area contributed by atoms with E-state index in [-0.39, 0.29) is 23.4 Å². The van der Waals surface area contributed by atoms with Crippen molar-refractivity contribution in [3.8, 4) is 0 Å². The molecular weight excluding hydrogens is 306 g/mol. The molecule has 0 bridgehead atoms. The summed E-state index contributed by atoms with van der Waals surface area (Å²) < 4.78 is 10.7. The van der Waals surface area contributed by atoms with Gasteiger partial charge in [0, 0.05) is 12.1 Å². The third-order valence-electron chi connectivity index (χ3n) is 4.16. The Morgan fingerprint density at radius 3 is 2.17 bits per heavy atom. The summed E-state index contributed by atoms with van der Waals surface area (Å²) in [7, 11) is 0. The fourth-order valence-electron chi connectivity index (χ4n) is 2.33. The van der Waals surface area contributed by atoms with Crippen LogP contribution in [0.25, 0.3) is 0 Å². The number of hydrogen-bond donors (Lipinski definition) is 1. The first-order valence-corrected chi connectivity index (χ1v) is 9.14. The quantitative estimate of drug-likeness (QED) is 0.458. The van der Waals surface area contributed by atoms with E-state index in [9.17, 15) is 9.59 Å². The molecule has 0 spiro atoms. The van der Waals surface area contributed by atoms with E-state index in [1.54, 1.807) is 0 Å². The SMILES string of the molecule is CCCCOC(=O)C(C)(CC)CC(C)C(=O)OCCNC(C)(C)C. The van der Waals surface area contributed by atoms with Crippen molar-refractivity contribution in [2.75, 3.05) is 19.8 Å². The summed E-state index contributed by atoms with van der Waals surface area (Å²) in [5.41, 5.74) is -0.642. The van der Waals surface area contributed by atoms with E-state index < -0.39 is 5.41 Å². The Balaban J connectivity index is 4.38. The number of carbonyl (C=O) groups excluding carboxylic acids is 2. The van der Waals surface area contributed by atoms with Crippen molar-refractivity contribution in [3.63, 3.8) is 0 Å². The maximum absolute atomic E-state index is 12.3. The number of hydrogen-bond acceptors (Lipinski definition) is 5. The van der Waals surface area contributed by atoms with Gasteiger partial charge in [0.05, 0.1) is 17.9 Å². The monoisotopic (exact) mass is 343 g/mol. The molecule has 0 aromatic heterocycles. The summed E-state index contributed by atoms with van der Waals surface area (Å²) in [4.78, 5) is 24.5. The van der Waals surface area contributed by atoms with Crippen LogP contribution in [0.1, 0.15) is 74.1 Å². The van der Waals surface area contributed by atoms with Crippen LogP contribution in [0, 0.1) is 11.3 Å². The standard InChI is InChI=1S/C19H37NO4/c1-8-10-12-24-17(22)19(7,9-2)14-15(3)16(21)23-13-11-20-18(4,5)6/h15,20H,8-14H2,1-7H3. The van der Waals surface area contributed by atoms with Crippen LogP contribution in [0.2, 0.25) is 0 Å². The largest absolute Gasteiger partial charge is 0.465 e. The Kier molecular flexibility index (Phi) is 10.2. The van der Waals surface area contributed by atoms with Crippen molar-refractivity contribution in [2.24, 2.45) is 11.3 Å². The first kappa shape index (κ1) is 22.9. The normalized spacial score (nSPS) is 15.5. The van der Waals surface area contributed by atoms with Gasteiger partial charge < -0.3 is 14.8 Å². The lowest BCUT2D eigenvalue weighted by atomic mass is 9.79. The van der Waals surface area contributed by atoms with Crippen LogP contribution in [0.15, 0.2) is 0 Å². The van der Waals surface area contributed by atoms with Gasteiger partial charge in [0.15, 0.2) is 0 Å². The van der Waals surface area contributed by atoms with Crippen LogP contribution in [0.4, 0.5) is 0 Å². The van der Waals surface area contributed by atoms with Crippen molar-refractivity contribution in [1.82, 2.24) is 5.32 Å². The van der Waals surface area contributed by atoms with Gasteiger partial charge in [-0.3, -0.25) is 9.59 Å². The van der Waals surface area contributed by atoms with Crippen molar-refractivity contribution in [3.05, 3.63) is 0 Å². The lowest BCUT2D eigenvalue weighted by Crippen LogP contribution is -2.38. The second kappa shape index (κ2) is 10.7. The predicted octanol–water partition coefficient (Wildman–Crippen LogP) is 3.70. The van der Waals surface area contributed by atoms with E-state index >= 15 is 0 Å². The second-order valence-corrected chi connectivity index (χ2v) is 7.85. The molecule has 5 heteroatoms. The molecule has 2 atom stereocenters. The van der Waals surface area contributed by atoms with E-state index in [0.717, 1.165) is 12.8 Å². The fraction of sp³-hybridized carbons (Fsp3) is 0.895. The average molecular weight is 344 g/mol. The summed E-state index contributed by atoms with van der Waals surface area (Å²) >= 11 is 0. The molecule has 0 heterocycles. The summed E-state index contributed by atoms with van der Waals surface area (Å²) in [6.45, 7) is 15.3. The fourth-order valence-corrected chi connectivity index (χ4v) is 2.33. The van der Waals surface area contributed by atoms with Crippen molar-refractivity contribution in [1.29, 1.82) is 0 Å². The zero-order valence-corrected chi connectivity index (χ0v) is 16.7. The number of ether oxygens (including phenoxy) is 2. The molecule has 0 saturated heterocycles. The van der Waals surface area contributed by atoms with Crippen molar-refractivity contribution in [2.45, 2.75) is 79.7 Å². The van der Waals surface area contributed by atoms with Gasteiger partial charge in [0.2, 0.25) is 0 Å². The van der Waals surface area contributed by atoms with Gasteiger partial charge in [-0.1, -0.05) is 27.2 Å². The molecule has 5 nitrogen and oxygen atoms in total. The number of esters is 2. The molecule has 0 aliphatic carbocycles. The number of rotatable bonds is 11. The van der Waals surface area contributed by atoms with Crippen LogP contribution in [0.3, 0.4) is 0 Å². The molecule has 0 fully saturated rings. The maximum Gasteiger partial charge on any atom is 0.311 e. The summed E-state index contributed by atoms with van der Waals surface area (Å²) in [6.07, 6.45) is 2.94. The van der Waals surface area contributed by atoms with Crippen LogP contribution in [-0.2, 0) is 19.1 Å². The Morgan fingerprint density at radius 2 is 1.67 bits per heavy atom. The molecule has 0 amide bonds. The van der Waals surface area contributed by atoms with E-state index in [2.05, 4.69) is 33.0 Å². The molecule has 0 radical (unpaired) electrons. The summed E-state index contributed by atoms with van der Waals surface area (Å²) in [5.74, 6) is -0.803. The predicted molar refractivity (Wildman–Crippen MR) is 96.8 cm³/mol. The highest BCUT2D eigenvalue weighted by Crippen LogP contribution is 2.32.